The monoisotopic (exact) mass is 304 g/mol. The Bertz CT molecular complexity index is 611. The van der Waals surface area contributed by atoms with Crippen molar-refractivity contribution in [1.29, 1.82) is 0 Å². The first-order chi connectivity index (χ1) is 9.97. The zero-order valence-electron chi connectivity index (χ0n) is 12.5. The number of thiophene rings is 1. The van der Waals surface area contributed by atoms with E-state index >= 15 is 0 Å². The molecule has 0 radical (unpaired) electrons. The van der Waals surface area contributed by atoms with Crippen LogP contribution >= 0.6 is 11.3 Å². The SMILES string of the molecule is Cc1ccc(C(C)NC(C)Cc2cccs2)cc1[N+](=O)[O-]. The second kappa shape index (κ2) is 6.83. The fourth-order valence-corrected chi connectivity index (χ4v) is 3.24. The summed E-state index contributed by atoms with van der Waals surface area (Å²) in [5, 5.41) is 16.6. The lowest BCUT2D eigenvalue weighted by Gasteiger charge is -2.20. The summed E-state index contributed by atoms with van der Waals surface area (Å²) in [6.07, 6.45) is 0.968. The molecule has 1 N–H and O–H groups in total. The molecule has 2 unspecified atom stereocenters. The van der Waals surface area contributed by atoms with Gasteiger partial charge in [-0.25, -0.2) is 0 Å². The van der Waals surface area contributed by atoms with E-state index in [1.807, 2.05) is 19.1 Å². The molecule has 0 aliphatic carbocycles. The van der Waals surface area contributed by atoms with Gasteiger partial charge in [0.05, 0.1) is 4.92 Å². The van der Waals surface area contributed by atoms with Gasteiger partial charge in [0.15, 0.2) is 0 Å². The summed E-state index contributed by atoms with van der Waals surface area (Å²) in [5.41, 5.74) is 1.83. The lowest BCUT2D eigenvalue weighted by molar-refractivity contribution is -0.385. The number of hydrogen-bond donors (Lipinski definition) is 1. The highest BCUT2D eigenvalue weighted by Crippen LogP contribution is 2.23. The van der Waals surface area contributed by atoms with Crippen LogP contribution in [0.5, 0.6) is 0 Å². The van der Waals surface area contributed by atoms with E-state index in [4.69, 9.17) is 0 Å². The van der Waals surface area contributed by atoms with Crippen LogP contribution in [0.2, 0.25) is 0 Å². The van der Waals surface area contributed by atoms with Crippen molar-refractivity contribution in [2.45, 2.75) is 39.3 Å². The summed E-state index contributed by atoms with van der Waals surface area (Å²) in [5.74, 6) is 0. The Morgan fingerprint density at radius 2 is 2.10 bits per heavy atom. The first-order valence-corrected chi connectivity index (χ1v) is 7.88. The van der Waals surface area contributed by atoms with Crippen LogP contribution in [0, 0.1) is 17.0 Å². The van der Waals surface area contributed by atoms with Gasteiger partial charge in [-0.3, -0.25) is 10.1 Å². The topological polar surface area (TPSA) is 55.2 Å². The lowest BCUT2D eigenvalue weighted by Crippen LogP contribution is -2.30. The van der Waals surface area contributed by atoms with E-state index in [2.05, 4.69) is 29.8 Å². The number of nitrogens with zero attached hydrogens (tertiary/aromatic N) is 1. The standard InChI is InChI=1S/C16H20N2O2S/c1-11-6-7-14(10-16(11)18(19)20)13(3)17-12(2)9-15-5-4-8-21-15/h4-8,10,12-13,17H,9H2,1-3H3. The molecule has 0 aliphatic rings. The van der Waals surface area contributed by atoms with Crippen LogP contribution in [0.4, 0.5) is 5.69 Å². The van der Waals surface area contributed by atoms with E-state index in [0.717, 1.165) is 12.0 Å². The zero-order chi connectivity index (χ0) is 15.4. The highest BCUT2D eigenvalue weighted by Gasteiger charge is 2.16. The predicted molar refractivity (Wildman–Crippen MR) is 86.9 cm³/mol. The van der Waals surface area contributed by atoms with Crippen LogP contribution < -0.4 is 5.32 Å². The van der Waals surface area contributed by atoms with Crippen molar-refractivity contribution < 1.29 is 4.92 Å². The van der Waals surface area contributed by atoms with Gasteiger partial charge in [0.25, 0.3) is 5.69 Å². The van der Waals surface area contributed by atoms with E-state index in [-0.39, 0.29) is 16.7 Å². The van der Waals surface area contributed by atoms with Gasteiger partial charge in [-0.15, -0.1) is 11.3 Å². The van der Waals surface area contributed by atoms with Crippen molar-refractivity contribution in [3.63, 3.8) is 0 Å². The van der Waals surface area contributed by atoms with Crippen molar-refractivity contribution in [2.24, 2.45) is 0 Å². The van der Waals surface area contributed by atoms with Crippen molar-refractivity contribution in [3.05, 3.63) is 61.8 Å². The number of aryl methyl sites for hydroxylation is 1. The van der Waals surface area contributed by atoms with Gasteiger partial charge in [0.2, 0.25) is 0 Å². The first kappa shape index (κ1) is 15.7. The van der Waals surface area contributed by atoms with Gasteiger partial charge in [0, 0.05) is 28.6 Å². The Labute approximate surface area is 129 Å². The molecule has 0 bridgehead atoms. The van der Waals surface area contributed by atoms with Gasteiger partial charge in [-0.2, -0.15) is 0 Å². The first-order valence-electron chi connectivity index (χ1n) is 7.00. The Morgan fingerprint density at radius 3 is 2.71 bits per heavy atom. The molecule has 0 spiro atoms. The average Bonchev–Trinajstić information content (AvgIpc) is 2.91. The van der Waals surface area contributed by atoms with Crippen LogP contribution in [0.15, 0.2) is 35.7 Å². The van der Waals surface area contributed by atoms with Crippen LogP contribution in [0.1, 0.15) is 35.9 Å². The minimum atomic E-state index is -0.319. The summed E-state index contributed by atoms with van der Waals surface area (Å²) < 4.78 is 0. The molecule has 0 aliphatic heterocycles. The molecule has 112 valence electrons. The minimum absolute atomic E-state index is 0.0827. The van der Waals surface area contributed by atoms with E-state index in [0.29, 0.717) is 11.6 Å². The van der Waals surface area contributed by atoms with E-state index in [1.165, 1.54) is 4.88 Å². The maximum atomic E-state index is 11.0. The van der Waals surface area contributed by atoms with Gasteiger partial charge in [-0.05, 0) is 44.2 Å². The quantitative estimate of drug-likeness (QED) is 0.641. The third-order valence-electron chi connectivity index (χ3n) is 3.55. The molecule has 2 aromatic rings. The number of hydrogen-bond acceptors (Lipinski definition) is 4. The lowest BCUT2D eigenvalue weighted by atomic mass is 10.0. The maximum absolute atomic E-state index is 11.0. The molecule has 1 aromatic carbocycles. The normalized spacial score (nSPS) is 13.9. The highest BCUT2D eigenvalue weighted by molar-refractivity contribution is 7.09. The molecule has 0 saturated heterocycles. The van der Waals surface area contributed by atoms with Gasteiger partial charge in [-0.1, -0.05) is 18.2 Å². The van der Waals surface area contributed by atoms with Crippen molar-refractivity contribution in [2.75, 3.05) is 0 Å². The Kier molecular flexibility index (Phi) is 5.09. The van der Waals surface area contributed by atoms with Crippen LogP contribution in [0.3, 0.4) is 0 Å². The molecule has 5 heteroatoms. The summed E-state index contributed by atoms with van der Waals surface area (Å²) in [4.78, 5) is 12.0. The second-order valence-electron chi connectivity index (χ2n) is 5.38. The average molecular weight is 304 g/mol. The molecule has 2 rings (SSSR count). The molecule has 21 heavy (non-hydrogen) atoms. The third kappa shape index (κ3) is 4.12. The molecule has 4 nitrogen and oxygen atoms in total. The minimum Gasteiger partial charge on any atom is -0.307 e. The van der Waals surface area contributed by atoms with Gasteiger partial charge >= 0.3 is 0 Å². The fourth-order valence-electron chi connectivity index (χ4n) is 2.40. The molecule has 0 saturated carbocycles. The zero-order valence-corrected chi connectivity index (χ0v) is 13.3. The largest absolute Gasteiger partial charge is 0.307 e. The molecule has 0 fully saturated rings. The summed E-state index contributed by atoms with van der Waals surface area (Å²) >= 11 is 1.75. The van der Waals surface area contributed by atoms with Gasteiger partial charge < -0.3 is 5.32 Å². The number of benzene rings is 1. The Balaban J connectivity index is 2.04. The fraction of sp³-hybridized carbons (Fsp3) is 0.375. The number of nitro benzene ring substituents is 1. The number of rotatable bonds is 6. The van der Waals surface area contributed by atoms with Gasteiger partial charge in [0.1, 0.15) is 0 Å². The van der Waals surface area contributed by atoms with Crippen molar-refractivity contribution >= 4 is 17.0 Å². The van der Waals surface area contributed by atoms with E-state index in [9.17, 15) is 10.1 Å². The predicted octanol–water partition coefficient (Wildman–Crippen LogP) is 4.25. The molecule has 1 aromatic heterocycles. The van der Waals surface area contributed by atoms with Crippen molar-refractivity contribution in [3.8, 4) is 0 Å². The summed E-state index contributed by atoms with van der Waals surface area (Å²) in [6, 6.07) is 10.0. The van der Waals surface area contributed by atoms with Crippen LogP contribution in [-0.4, -0.2) is 11.0 Å². The number of nitrogens with one attached hydrogen (secondary N) is 1. The second-order valence-corrected chi connectivity index (χ2v) is 6.41. The number of nitro groups is 1. The Morgan fingerprint density at radius 1 is 1.33 bits per heavy atom. The Hall–Kier alpha value is -1.72. The van der Waals surface area contributed by atoms with E-state index in [1.54, 1.807) is 24.3 Å². The van der Waals surface area contributed by atoms with Crippen LogP contribution in [0.25, 0.3) is 0 Å². The summed E-state index contributed by atoms with van der Waals surface area (Å²) in [7, 11) is 0. The molecular formula is C16H20N2O2S. The molecular weight excluding hydrogens is 284 g/mol. The van der Waals surface area contributed by atoms with Crippen molar-refractivity contribution in [1.82, 2.24) is 5.32 Å². The molecule has 2 atom stereocenters. The molecule has 0 amide bonds. The maximum Gasteiger partial charge on any atom is 0.272 e. The van der Waals surface area contributed by atoms with E-state index < -0.39 is 0 Å². The summed E-state index contributed by atoms with van der Waals surface area (Å²) in [6.45, 7) is 5.94. The molecule has 1 heterocycles. The smallest absolute Gasteiger partial charge is 0.272 e. The third-order valence-corrected chi connectivity index (χ3v) is 4.45. The highest BCUT2D eigenvalue weighted by atomic mass is 32.1. The van der Waals surface area contributed by atoms with Crippen LogP contribution in [-0.2, 0) is 6.42 Å².